The van der Waals surface area contributed by atoms with Crippen molar-refractivity contribution in [3.05, 3.63) is 53.9 Å². The molecule has 0 N–H and O–H groups in total. The van der Waals surface area contributed by atoms with Crippen molar-refractivity contribution in [2.75, 3.05) is 13.2 Å². The van der Waals surface area contributed by atoms with Gasteiger partial charge in [0.25, 0.3) is 10.0 Å². The van der Waals surface area contributed by atoms with Gasteiger partial charge in [0.2, 0.25) is 0 Å². The molecule has 0 atom stereocenters. The Kier molecular flexibility index (Phi) is 3.87. The third-order valence-corrected chi connectivity index (χ3v) is 5.68. The molecule has 0 spiro atoms. The molecule has 112 valence electrons. The lowest BCUT2D eigenvalue weighted by atomic mass is 9.97. The quantitative estimate of drug-likeness (QED) is 0.876. The fourth-order valence-corrected chi connectivity index (χ4v) is 4.16. The van der Waals surface area contributed by atoms with Crippen molar-refractivity contribution in [2.24, 2.45) is 0 Å². The summed E-state index contributed by atoms with van der Waals surface area (Å²) < 4.78 is 32.4. The molecule has 1 aliphatic heterocycles. The van der Waals surface area contributed by atoms with Crippen LogP contribution in [0, 0.1) is 6.92 Å². The SMILES string of the molecule is Cc1ccc(S(=O)(=O)n2cccc2C2CCOCC2)cc1. The summed E-state index contributed by atoms with van der Waals surface area (Å²) in [5.74, 6) is 0.244. The van der Waals surface area contributed by atoms with Crippen LogP contribution < -0.4 is 0 Å². The van der Waals surface area contributed by atoms with E-state index >= 15 is 0 Å². The lowest BCUT2D eigenvalue weighted by Crippen LogP contribution is -2.21. The van der Waals surface area contributed by atoms with Gasteiger partial charge in [0.1, 0.15) is 0 Å². The highest BCUT2D eigenvalue weighted by Crippen LogP contribution is 2.29. The highest BCUT2D eigenvalue weighted by atomic mass is 32.2. The zero-order valence-electron chi connectivity index (χ0n) is 12.0. The molecule has 3 rings (SSSR count). The molecule has 0 radical (unpaired) electrons. The van der Waals surface area contributed by atoms with Gasteiger partial charge in [-0.15, -0.1) is 0 Å². The summed E-state index contributed by atoms with van der Waals surface area (Å²) in [6.07, 6.45) is 3.38. The predicted octanol–water partition coefficient (Wildman–Crippen LogP) is 2.93. The Labute approximate surface area is 125 Å². The monoisotopic (exact) mass is 305 g/mol. The van der Waals surface area contributed by atoms with Crippen molar-refractivity contribution in [3.8, 4) is 0 Å². The standard InChI is InChI=1S/C16H19NO3S/c1-13-4-6-15(7-5-13)21(18,19)17-10-2-3-16(17)14-8-11-20-12-9-14/h2-7,10,14H,8-9,11-12H2,1H3. The Morgan fingerprint density at radius 3 is 2.43 bits per heavy atom. The van der Waals surface area contributed by atoms with Gasteiger partial charge in [-0.2, -0.15) is 0 Å². The van der Waals surface area contributed by atoms with Gasteiger partial charge in [0.15, 0.2) is 0 Å². The van der Waals surface area contributed by atoms with Crippen LogP contribution in [0.15, 0.2) is 47.5 Å². The molecule has 0 bridgehead atoms. The molecule has 1 aromatic heterocycles. The van der Waals surface area contributed by atoms with Crippen LogP contribution in [-0.2, 0) is 14.8 Å². The molecule has 4 nitrogen and oxygen atoms in total. The highest BCUT2D eigenvalue weighted by molar-refractivity contribution is 7.90. The first-order valence-corrected chi connectivity index (χ1v) is 8.60. The minimum Gasteiger partial charge on any atom is -0.381 e. The molecule has 1 saturated heterocycles. The van der Waals surface area contributed by atoms with Gasteiger partial charge in [-0.05, 0) is 44.0 Å². The van der Waals surface area contributed by atoms with E-state index in [1.165, 1.54) is 3.97 Å². The smallest absolute Gasteiger partial charge is 0.267 e. The van der Waals surface area contributed by atoms with E-state index in [0.717, 1.165) is 24.1 Å². The first-order valence-electron chi connectivity index (χ1n) is 7.16. The number of hydrogen-bond acceptors (Lipinski definition) is 3. The first kappa shape index (κ1) is 14.4. The lowest BCUT2D eigenvalue weighted by molar-refractivity contribution is 0.0843. The fraction of sp³-hybridized carbons (Fsp3) is 0.375. The largest absolute Gasteiger partial charge is 0.381 e. The Hall–Kier alpha value is -1.59. The summed E-state index contributed by atoms with van der Waals surface area (Å²) in [7, 11) is -3.52. The molecule has 21 heavy (non-hydrogen) atoms. The van der Waals surface area contributed by atoms with Gasteiger partial charge in [0, 0.05) is 31.0 Å². The number of ether oxygens (including phenoxy) is 1. The van der Waals surface area contributed by atoms with Gasteiger partial charge >= 0.3 is 0 Å². The van der Waals surface area contributed by atoms with Crippen molar-refractivity contribution in [2.45, 2.75) is 30.6 Å². The van der Waals surface area contributed by atoms with Crippen molar-refractivity contribution >= 4 is 10.0 Å². The highest BCUT2D eigenvalue weighted by Gasteiger charge is 2.25. The van der Waals surface area contributed by atoms with Crippen LogP contribution in [0.4, 0.5) is 0 Å². The van der Waals surface area contributed by atoms with Crippen LogP contribution in [0.1, 0.15) is 30.0 Å². The van der Waals surface area contributed by atoms with Gasteiger partial charge in [-0.3, -0.25) is 0 Å². The number of aryl methyl sites for hydroxylation is 1. The van der Waals surface area contributed by atoms with E-state index in [1.54, 1.807) is 24.4 Å². The van der Waals surface area contributed by atoms with E-state index < -0.39 is 10.0 Å². The summed E-state index contributed by atoms with van der Waals surface area (Å²) >= 11 is 0. The lowest BCUT2D eigenvalue weighted by Gasteiger charge is -2.23. The Bertz CT molecular complexity index is 710. The summed E-state index contributed by atoms with van der Waals surface area (Å²) in [4.78, 5) is 0.331. The van der Waals surface area contributed by atoms with E-state index in [1.807, 2.05) is 25.1 Å². The Balaban J connectivity index is 2.00. The van der Waals surface area contributed by atoms with Gasteiger partial charge in [-0.25, -0.2) is 12.4 Å². The van der Waals surface area contributed by atoms with Crippen LogP contribution in [-0.4, -0.2) is 25.6 Å². The molecule has 0 amide bonds. The second-order valence-corrected chi connectivity index (χ2v) is 7.25. The Morgan fingerprint density at radius 2 is 1.76 bits per heavy atom. The van der Waals surface area contributed by atoms with E-state index in [2.05, 4.69) is 0 Å². The minimum atomic E-state index is -3.52. The maximum absolute atomic E-state index is 12.8. The number of benzene rings is 1. The molecule has 1 aromatic carbocycles. The van der Waals surface area contributed by atoms with Gasteiger partial charge in [0.05, 0.1) is 4.90 Å². The number of rotatable bonds is 3. The molecule has 2 heterocycles. The second kappa shape index (κ2) is 5.66. The zero-order valence-corrected chi connectivity index (χ0v) is 12.8. The van der Waals surface area contributed by atoms with Gasteiger partial charge in [-0.1, -0.05) is 17.7 Å². The van der Waals surface area contributed by atoms with Crippen LogP contribution >= 0.6 is 0 Å². The summed E-state index contributed by atoms with van der Waals surface area (Å²) in [5.41, 5.74) is 1.91. The average Bonchev–Trinajstić information content (AvgIpc) is 2.99. The summed E-state index contributed by atoms with van der Waals surface area (Å²) in [6, 6.07) is 10.7. The molecular formula is C16H19NO3S. The third-order valence-electron chi connectivity index (χ3n) is 3.96. The van der Waals surface area contributed by atoms with E-state index in [0.29, 0.717) is 18.1 Å². The number of hydrogen-bond donors (Lipinski definition) is 0. The third kappa shape index (κ3) is 2.76. The van der Waals surface area contributed by atoms with Crippen molar-refractivity contribution in [1.29, 1.82) is 0 Å². The fourth-order valence-electron chi connectivity index (χ4n) is 2.73. The van der Waals surface area contributed by atoms with Crippen molar-refractivity contribution < 1.29 is 13.2 Å². The molecule has 1 fully saturated rings. The van der Waals surface area contributed by atoms with E-state index in [4.69, 9.17) is 4.74 Å². The van der Waals surface area contributed by atoms with E-state index in [-0.39, 0.29) is 5.92 Å². The Morgan fingerprint density at radius 1 is 1.10 bits per heavy atom. The molecule has 1 aliphatic rings. The molecule has 2 aromatic rings. The van der Waals surface area contributed by atoms with Crippen LogP contribution in [0.3, 0.4) is 0 Å². The molecular weight excluding hydrogens is 286 g/mol. The number of nitrogens with zero attached hydrogens (tertiary/aromatic N) is 1. The van der Waals surface area contributed by atoms with E-state index in [9.17, 15) is 8.42 Å². The maximum Gasteiger partial charge on any atom is 0.267 e. The first-order chi connectivity index (χ1) is 10.1. The van der Waals surface area contributed by atoms with Crippen molar-refractivity contribution in [1.82, 2.24) is 3.97 Å². The predicted molar refractivity (Wildman–Crippen MR) is 81.0 cm³/mol. The normalized spacial score (nSPS) is 17.0. The zero-order chi connectivity index (χ0) is 14.9. The maximum atomic E-state index is 12.8. The summed E-state index contributed by atoms with van der Waals surface area (Å²) in [6.45, 7) is 3.33. The molecule has 5 heteroatoms. The molecule has 0 saturated carbocycles. The van der Waals surface area contributed by atoms with Crippen molar-refractivity contribution in [3.63, 3.8) is 0 Å². The van der Waals surface area contributed by atoms with Crippen LogP contribution in [0.5, 0.6) is 0 Å². The molecule has 0 unspecified atom stereocenters. The van der Waals surface area contributed by atoms with Crippen LogP contribution in [0.25, 0.3) is 0 Å². The van der Waals surface area contributed by atoms with Gasteiger partial charge < -0.3 is 4.74 Å². The minimum absolute atomic E-state index is 0.244. The molecule has 0 aliphatic carbocycles. The summed E-state index contributed by atoms with van der Waals surface area (Å²) in [5, 5.41) is 0. The topological polar surface area (TPSA) is 48.3 Å². The van der Waals surface area contributed by atoms with Crippen LogP contribution in [0.2, 0.25) is 0 Å². The number of aromatic nitrogens is 1. The average molecular weight is 305 g/mol. The second-order valence-electron chi connectivity index (χ2n) is 5.43.